The number of rotatable bonds is 3. The van der Waals surface area contributed by atoms with Gasteiger partial charge in [0, 0.05) is 0 Å². The molecule has 0 atom stereocenters. The molecule has 0 heterocycles. The molecule has 1 rings (SSSR count). The van der Waals surface area contributed by atoms with E-state index >= 15 is 0 Å². The average Bonchev–Trinajstić information content (AvgIpc) is 2.12. The lowest BCUT2D eigenvalue weighted by Crippen LogP contribution is -2.04. The molecule has 0 fully saturated rings. The zero-order valence-corrected chi connectivity index (χ0v) is 11.1. The van der Waals surface area contributed by atoms with Gasteiger partial charge in [-0.1, -0.05) is 26.8 Å². The zero-order chi connectivity index (χ0) is 11.6. The monoisotopic (exact) mass is 204 g/mol. The van der Waals surface area contributed by atoms with Gasteiger partial charge in [-0.25, -0.2) is 0 Å². The second-order valence-corrected chi connectivity index (χ2v) is 5.04. The van der Waals surface area contributed by atoms with E-state index in [0.29, 0.717) is 0 Å². The van der Waals surface area contributed by atoms with Gasteiger partial charge in [-0.05, 0) is 67.3 Å². The topological polar surface area (TPSA) is 0 Å². The maximum Gasteiger partial charge on any atom is -0.0250 e. The largest absolute Gasteiger partial charge is 0.0625 e. The van der Waals surface area contributed by atoms with E-state index in [1.807, 2.05) is 0 Å². The summed E-state index contributed by atoms with van der Waals surface area (Å²) < 4.78 is 0. The molecule has 0 aliphatic rings. The molecule has 0 saturated heterocycles. The molecule has 0 saturated carbocycles. The van der Waals surface area contributed by atoms with E-state index in [9.17, 15) is 0 Å². The molecule has 0 aliphatic carbocycles. The maximum atomic E-state index is 2.35. The second-order valence-electron chi connectivity index (χ2n) is 5.04. The van der Waals surface area contributed by atoms with E-state index in [2.05, 4.69) is 47.6 Å². The zero-order valence-electron chi connectivity index (χ0n) is 11.1. The Kier molecular flexibility index (Phi) is 3.96. The summed E-state index contributed by atoms with van der Waals surface area (Å²) in [5, 5.41) is 0. The average molecular weight is 204 g/mol. The standard InChI is InChI=1S/C15H24/c1-7-14-11(4)9-12(5)15(13(14)6)8-10(2)3/h9-10H,7-8H2,1-6H3. The Hall–Kier alpha value is -0.780. The molecular formula is C15H24. The van der Waals surface area contributed by atoms with Gasteiger partial charge in [0.05, 0.1) is 0 Å². The van der Waals surface area contributed by atoms with Crippen LogP contribution in [0.15, 0.2) is 6.07 Å². The second kappa shape index (κ2) is 4.83. The molecule has 0 heteroatoms. The van der Waals surface area contributed by atoms with Gasteiger partial charge in [-0.15, -0.1) is 0 Å². The Morgan fingerprint density at radius 2 is 1.53 bits per heavy atom. The highest BCUT2D eigenvalue weighted by molar-refractivity contribution is 5.44. The Bertz CT molecular complexity index is 346. The van der Waals surface area contributed by atoms with Crippen molar-refractivity contribution in [2.24, 2.45) is 5.92 Å². The highest BCUT2D eigenvalue weighted by atomic mass is 14.2. The van der Waals surface area contributed by atoms with Crippen molar-refractivity contribution in [1.29, 1.82) is 0 Å². The first-order chi connectivity index (χ1) is 6.97. The Morgan fingerprint density at radius 3 is 2.00 bits per heavy atom. The van der Waals surface area contributed by atoms with Crippen molar-refractivity contribution in [2.75, 3.05) is 0 Å². The van der Waals surface area contributed by atoms with Gasteiger partial charge in [-0.2, -0.15) is 0 Å². The molecule has 0 aromatic heterocycles. The minimum atomic E-state index is 0.745. The number of aryl methyl sites for hydroxylation is 2. The lowest BCUT2D eigenvalue weighted by molar-refractivity contribution is 0.641. The lowest BCUT2D eigenvalue weighted by Gasteiger charge is -2.17. The Balaban J connectivity index is 3.26. The fourth-order valence-corrected chi connectivity index (χ4v) is 2.54. The van der Waals surface area contributed by atoms with Crippen LogP contribution in [0.5, 0.6) is 0 Å². The summed E-state index contributed by atoms with van der Waals surface area (Å²) in [5.41, 5.74) is 7.59. The first-order valence-corrected chi connectivity index (χ1v) is 6.05. The Morgan fingerprint density at radius 1 is 1.00 bits per heavy atom. The smallest absolute Gasteiger partial charge is 0.0250 e. The van der Waals surface area contributed by atoms with Gasteiger partial charge >= 0.3 is 0 Å². The van der Waals surface area contributed by atoms with Crippen molar-refractivity contribution in [3.05, 3.63) is 33.9 Å². The fourth-order valence-electron chi connectivity index (χ4n) is 2.54. The molecule has 0 aliphatic heterocycles. The van der Waals surface area contributed by atoms with Crippen LogP contribution in [0.3, 0.4) is 0 Å². The number of hydrogen-bond donors (Lipinski definition) is 0. The van der Waals surface area contributed by atoms with Crippen molar-refractivity contribution in [1.82, 2.24) is 0 Å². The van der Waals surface area contributed by atoms with Crippen LogP contribution >= 0.6 is 0 Å². The van der Waals surface area contributed by atoms with Gasteiger partial charge in [0.1, 0.15) is 0 Å². The van der Waals surface area contributed by atoms with Crippen LogP contribution < -0.4 is 0 Å². The third-order valence-corrected chi connectivity index (χ3v) is 3.26. The minimum Gasteiger partial charge on any atom is -0.0625 e. The van der Waals surface area contributed by atoms with Crippen molar-refractivity contribution >= 4 is 0 Å². The minimum absolute atomic E-state index is 0.745. The summed E-state index contributed by atoms with van der Waals surface area (Å²) in [6.07, 6.45) is 2.37. The van der Waals surface area contributed by atoms with Crippen LogP contribution in [0.2, 0.25) is 0 Å². The summed E-state index contributed by atoms with van der Waals surface area (Å²) in [7, 11) is 0. The maximum absolute atomic E-state index is 2.35. The molecule has 0 radical (unpaired) electrons. The molecule has 0 bridgehead atoms. The summed E-state index contributed by atoms with van der Waals surface area (Å²) in [5.74, 6) is 0.745. The normalized spacial score (nSPS) is 11.1. The van der Waals surface area contributed by atoms with Crippen LogP contribution in [0.4, 0.5) is 0 Å². The summed E-state index contributed by atoms with van der Waals surface area (Å²) in [6, 6.07) is 2.35. The van der Waals surface area contributed by atoms with Gasteiger partial charge in [0.2, 0.25) is 0 Å². The fraction of sp³-hybridized carbons (Fsp3) is 0.600. The first-order valence-electron chi connectivity index (χ1n) is 6.05. The first kappa shape index (κ1) is 12.3. The molecule has 0 spiro atoms. The predicted molar refractivity (Wildman–Crippen MR) is 68.6 cm³/mol. The third kappa shape index (κ3) is 2.62. The van der Waals surface area contributed by atoms with E-state index in [-0.39, 0.29) is 0 Å². The van der Waals surface area contributed by atoms with Crippen LogP contribution in [-0.4, -0.2) is 0 Å². The molecular weight excluding hydrogens is 180 g/mol. The van der Waals surface area contributed by atoms with E-state index < -0.39 is 0 Å². The summed E-state index contributed by atoms with van der Waals surface area (Å²) >= 11 is 0. The molecule has 15 heavy (non-hydrogen) atoms. The van der Waals surface area contributed by atoms with Crippen LogP contribution in [-0.2, 0) is 12.8 Å². The van der Waals surface area contributed by atoms with Crippen LogP contribution in [0.25, 0.3) is 0 Å². The van der Waals surface area contributed by atoms with Crippen molar-refractivity contribution < 1.29 is 0 Å². The van der Waals surface area contributed by atoms with E-state index in [0.717, 1.165) is 12.3 Å². The quantitative estimate of drug-likeness (QED) is 0.685. The van der Waals surface area contributed by atoms with Gasteiger partial charge < -0.3 is 0 Å². The third-order valence-electron chi connectivity index (χ3n) is 3.26. The molecule has 84 valence electrons. The van der Waals surface area contributed by atoms with E-state index in [1.165, 1.54) is 23.1 Å². The van der Waals surface area contributed by atoms with Crippen LogP contribution in [0.1, 0.15) is 48.6 Å². The molecule has 0 nitrogen and oxygen atoms in total. The number of hydrogen-bond acceptors (Lipinski definition) is 0. The number of benzene rings is 1. The van der Waals surface area contributed by atoms with Gasteiger partial charge in [-0.3, -0.25) is 0 Å². The Labute approximate surface area is 94.7 Å². The van der Waals surface area contributed by atoms with E-state index in [4.69, 9.17) is 0 Å². The SMILES string of the molecule is CCc1c(C)cc(C)c(CC(C)C)c1C. The highest BCUT2D eigenvalue weighted by Crippen LogP contribution is 2.24. The summed E-state index contributed by atoms with van der Waals surface area (Å²) in [6.45, 7) is 13.6. The van der Waals surface area contributed by atoms with Crippen molar-refractivity contribution in [3.8, 4) is 0 Å². The van der Waals surface area contributed by atoms with Gasteiger partial charge in [0.15, 0.2) is 0 Å². The lowest BCUT2D eigenvalue weighted by atomic mass is 9.88. The molecule has 1 aromatic carbocycles. The van der Waals surface area contributed by atoms with Crippen molar-refractivity contribution in [2.45, 2.75) is 54.4 Å². The molecule has 0 amide bonds. The molecule has 1 aromatic rings. The predicted octanol–water partition coefficient (Wildman–Crippen LogP) is 4.37. The van der Waals surface area contributed by atoms with Crippen LogP contribution in [0, 0.1) is 26.7 Å². The van der Waals surface area contributed by atoms with Crippen molar-refractivity contribution in [3.63, 3.8) is 0 Å². The highest BCUT2D eigenvalue weighted by Gasteiger charge is 2.10. The summed E-state index contributed by atoms with van der Waals surface area (Å²) in [4.78, 5) is 0. The molecule has 0 unspecified atom stereocenters. The van der Waals surface area contributed by atoms with E-state index in [1.54, 1.807) is 11.1 Å². The van der Waals surface area contributed by atoms with Gasteiger partial charge in [0.25, 0.3) is 0 Å². The molecule has 0 N–H and O–H groups in total.